The van der Waals surface area contributed by atoms with Gasteiger partial charge in [0.2, 0.25) is 0 Å². The highest BCUT2D eigenvalue weighted by atomic mass is 16.5. The molecule has 4 heteroatoms. The molecule has 0 aliphatic rings. The summed E-state index contributed by atoms with van der Waals surface area (Å²) in [6.45, 7) is 2.12. The van der Waals surface area contributed by atoms with E-state index in [9.17, 15) is 9.90 Å². The topological polar surface area (TPSA) is 72.6 Å². The number of hydrogen-bond donors (Lipinski definition) is 2. The molecular weight excluding hydrogens is 314 g/mol. The number of hydrogen-bond acceptors (Lipinski definition) is 3. The van der Waals surface area contributed by atoms with Gasteiger partial charge in [-0.2, -0.15) is 0 Å². The Labute approximate surface area is 146 Å². The van der Waals surface area contributed by atoms with Gasteiger partial charge in [0.25, 0.3) is 0 Å². The van der Waals surface area contributed by atoms with Gasteiger partial charge in [-0.3, -0.25) is 0 Å². The van der Waals surface area contributed by atoms with Gasteiger partial charge in [0.15, 0.2) is 0 Å². The van der Waals surface area contributed by atoms with Crippen molar-refractivity contribution >= 4 is 6.09 Å². The summed E-state index contributed by atoms with van der Waals surface area (Å²) in [5, 5.41) is 9.62. The van der Waals surface area contributed by atoms with Crippen LogP contribution in [-0.4, -0.2) is 11.2 Å². The van der Waals surface area contributed by atoms with Crippen molar-refractivity contribution in [3.05, 3.63) is 95.6 Å². The number of aromatic hydroxyl groups is 1. The fourth-order valence-corrected chi connectivity index (χ4v) is 3.04. The van der Waals surface area contributed by atoms with Crippen LogP contribution in [-0.2, 0) is 5.41 Å². The quantitative estimate of drug-likeness (QED) is 0.703. The maximum Gasteiger partial charge on any atom is 0.409 e. The van der Waals surface area contributed by atoms with E-state index in [0.717, 1.165) is 16.7 Å². The fraction of sp³-hybridized carbons (Fsp3) is 0.0952. The van der Waals surface area contributed by atoms with Gasteiger partial charge in [-0.1, -0.05) is 54.6 Å². The standard InChI is InChI=1S/C21H19NO3/c1-21(15-5-3-2-4-6-15,16-7-11-18(23)12-8-16)17-9-13-19(14-10-17)25-20(22)24/h2-14,23H,1H3,(H2,22,24). The number of nitrogens with two attached hydrogens (primary N) is 1. The third-order valence-corrected chi connectivity index (χ3v) is 4.45. The Hall–Kier alpha value is -3.27. The third kappa shape index (κ3) is 3.33. The van der Waals surface area contributed by atoms with E-state index in [0.29, 0.717) is 5.75 Å². The van der Waals surface area contributed by atoms with E-state index in [1.54, 1.807) is 24.3 Å². The minimum atomic E-state index is -0.836. The molecule has 0 heterocycles. The van der Waals surface area contributed by atoms with E-state index in [-0.39, 0.29) is 5.75 Å². The van der Waals surface area contributed by atoms with Crippen molar-refractivity contribution in [1.82, 2.24) is 0 Å². The summed E-state index contributed by atoms with van der Waals surface area (Å²) in [5.74, 6) is 0.627. The molecule has 0 saturated carbocycles. The highest BCUT2D eigenvalue weighted by molar-refractivity contribution is 5.68. The van der Waals surface area contributed by atoms with Crippen LogP contribution in [0.25, 0.3) is 0 Å². The van der Waals surface area contributed by atoms with E-state index in [2.05, 4.69) is 19.1 Å². The SMILES string of the molecule is CC(c1ccccc1)(c1ccc(O)cc1)c1ccc(OC(N)=O)cc1. The van der Waals surface area contributed by atoms with Crippen LogP contribution in [0.15, 0.2) is 78.9 Å². The van der Waals surface area contributed by atoms with Gasteiger partial charge in [0, 0.05) is 5.41 Å². The van der Waals surface area contributed by atoms with Crippen molar-refractivity contribution in [1.29, 1.82) is 0 Å². The number of benzene rings is 3. The van der Waals surface area contributed by atoms with Crippen LogP contribution in [0.4, 0.5) is 4.79 Å². The molecule has 3 rings (SSSR count). The Balaban J connectivity index is 2.11. The van der Waals surface area contributed by atoms with Crippen molar-refractivity contribution in [3.63, 3.8) is 0 Å². The molecule has 3 N–H and O–H groups in total. The number of ether oxygens (including phenoxy) is 1. The lowest BCUT2D eigenvalue weighted by Gasteiger charge is -2.32. The summed E-state index contributed by atoms with van der Waals surface area (Å²) < 4.78 is 4.91. The summed E-state index contributed by atoms with van der Waals surface area (Å²) >= 11 is 0. The monoisotopic (exact) mass is 333 g/mol. The Morgan fingerprint density at radius 2 is 1.32 bits per heavy atom. The van der Waals surface area contributed by atoms with Gasteiger partial charge in [0.05, 0.1) is 0 Å². The van der Waals surface area contributed by atoms with Gasteiger partial charge in [-0.15, -0.1) is 0 Å². The lowest BCUT2D eigenvalue weighted by Crippen LogP contribution is -2.25. The number of primary amides is 1. The molecule has 4 nitrogen and oxygen atoms in total. The molecule has 3 aromatic carbocycles. The van der Waals surface area contributed by atoms with Crippen LogP contribution in [0.5, 0.6) is 11.5 Å². The summed E-state index contributed by atoms with van der Waals surface area (Å²) in [7, 11) is 0. The summed E-state index contributed by atoms with van der Waals surface area (Å²) in [6.07, 6.45) is -0.836. The van der Waals surface area contributed by atoms with E-state index in [1.807, 2.05) is 42.5 Å². The zero-order valence-electron chi connectivity index (χ0n) is 13.8. The fourth-order valence-electron chi connectivity index (χ4n) is 3.04. The van der Waals surface area contributed by atoms with Crippen LogP contribution in [0.1, 0.15) is 23.6 Å². The molecule has 25 heavy (non-hydrogen) atoms. The lowest BCUT2D eigenvalue weighted by molar-refractivity contribution is 0.211. The molecule has 3 aromatic rings. The first-order valence-electron chi connectivity index (χ1n) is 7.93. The molecule has 1 amide bonds. The molecule has 0 saturated heterocycles. The van der Waals surface area contributed by atoms with Gasteiger partial charge in [-0.05, 0) is 47.9 Å². The average Bonchev–Trinajstić information content (AvgIpc) is 2.62. The van der Waals surface area contributed by atoms with Gasteiger partial charge >= 0.3 is 6.09 Å². The molecule has 1 unspecified atom stereocenters. The Morgan fingerprint density at radius 3 is 1.84 bits per heavy atom. The van der Waals surface area contributed by atoms with Crippen molar-refractivity contribution in [3.8, 4) is 11.5 Å². The Bertz CT molecular complexity index is 858. The van der Waals surface area contributed by atoms with Gasteiger partial charge < -0.3 is 15.6 Å². The molecule has 126 valence electrons. The number of phenolic OH excluding ortho intramolecular Hbond substituents is 1. The van der Waals surface area contributed by atoms with Crippen LogP contribution in [0.2, 0.25) is 0 Å². The highest BCUT2D eigenvalue weighted by Crippen LogP contribution is 2.39. The van der Waals surface area contributed by atoms with Crippen LogP contribution >= 0.6 is 0 Å². The maximum atomic E-state index is 10.9. The van der Waals surface area contributed by atoms with Crippen LogP contribution in [0.3, 0.4) is 0 Å². The lowest BCUT2D eigenvalue weighted by atomic mass is 9.71. The first-order valence-corrected chi connectivity index (χ1v) is 7.93. The average molecular weight is 333 g/mol. The molecular formula is C21H19NO3. The van der Waals surface area contributed by atoms with Gasteiger partial charge in [-0.25, -0.2) is 4.79 Å². The Morgan fingerprint density at radius 1 is 0.840 bits per heavy atom. The molecule has 0 spiro atoms. The smallest absolute Gasteiger partial charge is 0.409 e. The second kappa shape index (κ2) is 6.69. The van der Waals surface area contributed by atoms with Crippen molar-refractivity contribution in [2.24, 2.45) is 5.73 Å². The summed E-state index contributed by atoms with van der Waals surface area (Å²) in [6, 6.07) is 24.6. The van der Waals surface area contributed by atoms with Gasteiger partial charge in [0.1, 0.15) is 11.5 Å². The zero-order chi connectivity index (χ0) is 17.9. The van der Waals surface area contributed by atoms with E-state index in [4.69, 9.17) is 10.5 Å². The molecule has 0 aromatic heterocycles. The largest absolute Gasteiger partial charge is 0.508 e. The molecule has 1 atom stereocenters. The zero-order valence-corrected chi connectivity index (χ0v) is 13.8. The first-order chi connectivity index (χ1) is 12.0. The maximum absolute atomic E-state index is 10.9. The van der Waals surface area contributed by atoms with Crippen molar-refractivity contribution in [2.75, 3.05) is 0 Å². The minimum absolute atomic E-state index is 0.226. The second-order valence-electron chi connectivity index (χ2n) is 5.98. The number of phenols is 1. The molecule has 0 fully saturated rings. The highest BCUT2D eigenvalue weighted by Gasteiger charge is 2.31. The molecule has 0 radical (unpaired) electrons. The Kier molecular flexibility index (Phi) is 4.44. The molecule has 0 aliphatic carbocycles. The second-order valence-corrected chi connectivity index (χ2v) is 5.98. The molecule has 0 bridgehead atoms. The molecule has 0 aliphatic heterocycles. The van der Waals surface area contributed by atoms with Crippen LogP contribution in [0, 0.1) is 0 Å². The van der Waals surface area contributed by atoms with E-state index in [1.165, 1.54) is 0 Å². The third-order valence-electron chi connectivity index (χ3n) is 4.45. The first kappa shape index (κ1) is 16.6. The van der Waals surface area contributed by atoms with E-state index < -0.39 is 11.5 Å². The normalized spacial score (nSPS) is 13.0. The summed E-state index contributed by atoms with van der Waals surface area (Å²) in [4.78, 5) is 10.9. The minimum Gasteiger partial charge on any atom is -0.508 e. The number of carbonyl (C=O) groups is 1. The van der Waals surface area contributed by atoms with E-state index >= 15 is 0 Å². The predicted octanol–water partition coefficient (Wildman–Crippen LogP) is 4.20. The van der Waals surface area contributed by atoms with Crippen molar-refractivity contribution < 1.29 is 14.6 Å². The number of rotatable bonds is 4. The summed E-state index contributed by atoms with van der Waals surface area (Å²) in [5.41, 5.74) is 7.82. The predicted molar refractivity (Wildman–Crippen MR) is 96.8 cm³/mol. The number of amides is 1. The van der Waals surface area contributed by atoms with Crippen molar-refractivity contribution in [2.45, 2.75) is 12.3 Å². The number of carbonyl (C=O) groups excluding carboxylic acids is 1. The van der Waals surface area contributed by atoms with Crippen LogP contribution < -0.4 is 10.5 Å².